The van der Waals surface area contributed by atoms with Crippen LogP contribution in [0, 0.1) is 0 Å². The van der Waals surface area contributed by atoms with Crippen LogP contribution in [0.2, 0.25) is 0 Å². The van der Waals surface area contributed by atoms with Gasteiger partial charge < -0.3 is 14.8 Å². The molecule has 0 aliphatic heterocycles. The molecule has 0 aromatic carbocycles. The topological polar surface area (TPSA) is 64.6 Å². The van der Waals surface area contributed by atoms with Gasteiger partial charge in [-0.2, -0.15) is 0 Å². The van der Waals surface area contributed by atoms with Gasteiger partial charge in [0.15, 0.2) is 0 Å². The van der Waals surface area contributed by atoms with E-state index >= 15 is 0 Å². The summed E-state index contributed by atoms with van der Waals surface area (Å²) in [4.78, 5) is 23.3. The molecule has 0 aliphatic rings. The second-order valence-electron chi connectivity index (χ2n) is 5.31. The Balaban J connectivity index is 2.64. The Bertz CT molecular complexity index is 508. The zero-order chi connectivity index (χ0) is 16.0. The Hall–Kier alpha value is -1.08. The number of ether oxygens (including phenoxy) is 2. The quantitative estimate of drug-likeness (QED) is 0.769. The number of nitrogens with one attached hydrogen (secondary N) is 1. The lowest BCUT2D eigenvalue weighted by molar-refractivity contribution is -0.152. The molecule has 0 atom stereocenters. The molecule has 118 valence electrons. The molecule has 5 nitrogen and oxygen atoms in total. The van der Waals surface area contributed by atoms with Gasteiger partial charge in [-0.25, -0.2) is 0 Å². The van der Waals surface area contributed by atoms with Crippen LogP contribution in [0.5, 0.6) is 0 Å². The molecule has 1 aromatic heterocycles. The van der Waals surface area contributed by atoms with Crippen molar-refractivity contribution in [3.8, 4) is 0 Å². The summed E-state index contributed by atoms with van der Waals surface area (Å²) in [6.45, 7) is 7.62. The van der Waals surface area contributed by atoms with E-state index in [1.54, 1.807) is 6.92 Å². The molecule has 0 unspecified atom stereocenters. The Kier molecular flexibility index (Phi) is 6.67. The minimum absolute atomic E-state index is 0.0556. The fraction of sp³-hybridized carbons (Fsp3) is 0.571. The van der Waals surface area contributed by atoms with Crippen molar-refractivity contribution in [2.75, 3.05) is 18.5 Å². The standard InChI is InChI=1S/C14H20BrNO4S/c1-5-19-11(17)6-9-10(15)8-21-13(9)16-7-12(18)20-14(2,3)4/h8,16H,5-7H2,1-4H3. The largest absolute Gasteiger partial charge is 0.466 e. The minimum atomic E-state index is -0.511. The molecule has 7 heteroatoms. The highest BCUT2D eigenvalue weighted by Gasteiger charge is 2.18. The predicted octanol–water partition coefficient (Wildman–Crippen LogP) is 3.37. The van der Waals surface area contributed by atoms with Gasteiger partial charge in [-0.05, 0) is 43.6 Å². The van der Waals surface area contributed by atoms with E-state index in [0.29, 0.717) is 6.61 Å². The van der Waals surface area contributed by atoms with Gasteiger partial charge >= 0.3 is 11.9 Å². The van der Waals surface area contributed by atoms with Crippen LogP contribution in [0.1, 0.15) is 33.3 Å². The van der Waals surface area contributed by atoms with Crippen molar-refractivity contribution in [1.29, 1.82) is 0 Å². The smallest absolute Gasteiger partial charge is 0.325 e. The summed E-state index contributed by atoms with van der Waals surface area (Å²) in [5.74, 6) is -0.633. The highest BCUT2D eigenvalue weighted by molar-refractivity contribution is 9.10. The maximum absolute atomic E-state index is 11.7. The van der Waals surface area contributed by atoms with Gasteiger partial charge in [0.1, 0.15) is 12.1 Å². The molecule has 1 rings (SSSR count). The summed E-state index contributed by atoms with van der Waals surface area (Å²) in [5.41, 5.74) is 0.282. The first kappa shape index (κ1) is 18.0. The average molecular weight is 378 g/mol. The van der Waals surface area contributed by atoms with E-state index in [9.17, 15) is 9.59 Å². The van der Waals surface area contributed by atoms with Crippen molar-refractivity contribution in [1.82, 2.24) is 0 Å². The Labute approximate surface area is 137 Å². The van der Waals surface area contributed by atoms with E-state index in [1.165, 1.54) is 11.3 Å². The number of halogens is 1. The lowest BCUT2D eigenvalue weighted by atomic mass is 10.2. The molecular formula is C14H20BrNO4S. The lowest BCUT2D eigenvalue weighted by Crippen LogP contribution is -2.28. The van der Waals surface area contributed by atoms with Crippen LogP contribution in [-0.4, -0.2) is 30.7 Å². The second kappa shape index (κ2) is 7.79. The minimum Gasteiger partial charge on any atom is -0.466 e. The number of hydrogen-bond donors (Lipinski definition) is 1. The number of esters is 2. The van der Waals surface area contributed by atoms with Gasteiger partial charge in [0.05, 0.1) is 18.0 Å². The highest BCUT2D eigenvalue weighted by Crippen LogP contribution is 2.32. The number of anilines is 1. The summed E-state index contributed by atoms with van der Waals surface area (Å²) in [5, 5.41) is 5.64. The number of carbonyl (C=O) groups excluding carboxylic acids is 2. The van der Waals surface area contributed by atoms with Crippen molar-refractivity contribution in [3.05, 3.63) is 15.4 Å². The fourth-order valence-corrected chi connectivity index (χ4v) is 3.15. The Morgan fingerprint density at radius 1 is 1.33 bits per heavy atom. The Morgan fingerprint density at radius 2 is 2.00 bits per heavy atom. The van der Waals surface area contributed by atoms with E-state index in [-0.39, 0.29) is 24.9 Å². The average Bonchev–Trinajstić information content (AvgIpc) is 2.66. The van der Waals surface area contributed by atoms with Crippen molar-refractivity contribution < 1.29 is 19.1 Å². The van der Waals surface area contributed by atoms with Crippen LogP contribution in [0.15, 0.2) is 9.85 Å². The van der Waals surface area contributed by atoms with E-state index in [1.807, 2.05) is 26.2 Å². The van der Waals surface area contributed by atoms with Crippen LogP contribution < -0.4 is 5.32 Å². The van der Waals surface area contributed by atoms with Crippen LogP contribution in [-0.2, 0) is 25.5 Å². The highest BCUT2D eigenvalue weighted by atomic mass is 79.9. The summed E-state index contributed by atoms with van der Waals surface area (Å²) >= 11 is 4.82. The van der Waals surface area contributed by atoms with Crippen molar-refractivity contribution in [2.24, 2.45) is 0 Å². The maximum atomic E-state index is 11.7. The van der Waals surface area contributed by atoms with Crippen LogP contribution >= 0.6 is 27.3 Å². The summed E-state index contributed by atoms with van der Waals surface area (Å²) in [6.07, 6.45) is 0.161. The molecule has 0 radical (unpaired) electrons. The molecule has 1 N–H and O–H groups in total. The number of thiophene rings is 1. The van der Waals surface area contributed by atoms with Crippen LogP contribution in [0.3, 0.4) is 0 Å². The number of hydrogen-bond acceptors (Lipinski definition) is 6. The van der Waals surface area contributed by atoms with Gasteiger partial charge in [-0.3, -0.25) is 9.59 Å². The third-order valence-corrected chi connectivity index (χ3v) is 4.27. The van der Waals surface area contributed by atoms with Crippen molar-refractivity contribution in [3.63, 3.8) is 0 Å². The fourth-order valence-electron chi connectivity index (χ4n) is 1.56. The third-order valence-electron chi connectivity index (χ3n) is 2.28. The molecule has 0 saturated carbocycles. The van der Waals surface area contributed by atoms with E-state index in [0.717, 1.165) is 15.0 Å². The first-order chi connectivity index (χ1) is 9.73. The van der Waals surface area contributed by atoms with Gasteiger partial charge in [0.2, 0.25) is 0 Å². The maximum Gasteiger partial charge on any atom is 0.325 e. The summed E-state index contributed by atoms with van der Waals surface area (Å²) in [7, 11) is 0. The number of carbonyl (C=O) groups is 2. The molecular weight excluding hydrogens is 358 g/mol. The molecule has 0 fully saturated rings. The van der Waals surface area contributed by atoms with Gasteiger partial charge in [-0.15, -0.1) is 11.3 Å². The van der Waals surface area contributed by atoms with E-state index in [4.69, 9.17) is 9.47 Å². The third kappa shape index (κ3) is 6.48. The van der Waals surface area contributed by atoms with E-state index in [2.05, 4.69) is 21.2 Å². The SMILES string of the molecule is CCOC(=O)Cc1c(Br)csc1NCC(=O)OC(C)(C)C. The molecule has 0 bridgehead atoms. The Morgan fingerprint density at radius 3 is 2.57 bits per heavy atom. The first-order valence-corrected chi connectivity index (χ1v) is 8.27. The number of rotatable bonds is 6. The zero-order valence-corrected chi connectivity index (χ0v) is 15.0. The first-order valence-electron chi connectivity index (χ1n) is 6.60. The van der Waals surface area contributed by atoms with Crippen molar-refractivity contribution in [2.45, 2.75) is 39.7 Å². The van der Waals surface area contributed by atoms with Gasteiger partial charge in [0, 0.05) is 15.4 Å². The van der Waals surface area contributed by atoms with Crippen molar-refractivity contribution >= 4 is 44.2 Å². The van der Waals surface area contributed by atoms with Crippen LogP contribution in [0.4, 0.5) is 5.00 Å². The molecule has 0 saturated heterocycles. The normalized spacial score (nSPS) is 11.1. The monoisotopic (exact) mass is 377 g/mol. The molecule has 0 aliphatic carbocycles. The molecule has 0 spiro atoms. The molecule has 0 amide bonds. The van der Waals surface area contributed by atoms with E-state index < -0.39 is 5.60 Å². The lowest BCUT2D eigenvalue weighted by Gasteiger charge is -2.19. The summed E-state index contributed by atoms with van der Waals surface area (Å²) in [6, 6.07) is 0. The van der Waals surface area contributed by atoms with Gasteiger partial charge in [0.25, 0.3) is 0 Å². The van der Waals surface area contributed by atoms with Crippen LogP contribution in [0.25, 0.3) is 0 Å². The molecule has 1 aromatic rings. The zero-order valence-electron chi connectivity index (χ0n) is 12.6. The summed E-state index contributed by atoms with van der Waals surface area (Å²) < 4.78 is 11.0. The molecule has 1 heterocycles. The predicted molar refractivity (Wildman–Crippen MR) is 86.7 cm³/mol. The second-order valence-corrected chi connectivity index (χ2v) is 7.05. The molecule has 21 heavy (non-hydrogen) atoms. The van der Waals surface area contributed by atoms with Gasteiger partial charge in [-0.1, -0.05) is 0 Å².